The zero-order valence-electron chi connectivity index (χ0n) is 8.70. The van der Waals surface area contributed by atoms with Crippen molar-refractivity contribution in [2.24, 2.45) is 0 Å². The Balaban J connectivity index is 2.14. The molecule has 1 saturated heterocycles. The van der Waals surface area contributed by atoms with Crippen LogP contribution in [0.3, 0.4) is 0 Å². The molecule has 1 aliphatic heterocycles. The Morgan fingerprint density at radius 3 is 2.50 bits per heavy atom. The molecule has 0 saturated carbocycles. The van der Waals surface area contributed by atoms with Crippen molar-refractivity contribution < 1.29 is 9.90 Å². The first-order chi connectivity index (χ1) is 6.72. The Morgan fingerprint density at radius 2 is 2.00 bits per heavy atom. The first-order valence-corrected chi connectivity index (χ1v) is 5.08. The van der Waals surface area contributed by atoms with Gasteiger partial charge >= 0.3 is 0 Å². The summed E-state index contributed by atoms with van der Waals surface area (Å²) in [7, 11) is 0. The number of hydrogen-bond donors (Lipinski definition) is 2. The lowest BCUT2D eigenvalue weighted by Gasteiger charge is -2.34. The third kappa shape index (κ3) is 4.04. The van der Waals surface area contributed by atoms with Crippen LogP contribution in [-0.2, 0) is 4.79 Å². The Morgan fingerprint density at radius 1 is 1.36 bits per heavy atom. The second-order valence-corrected chi connectivity index (χ2v) is 3.57. The van der Waals surface area contributed by atoms with Gasteiger partial charge < -0.3 is 10.0 Å². The van der Waals surface area contributed by atoms with E-state index in [4.69, 9.17) is 5.11 Å². The standard InChI is InChI=1S/C9H19N3O2/c1-9(14)10-12-6-4-11(5-7-12)3-2-8-13/h13H,2-8H2,1H3,(H,10,14). The average Bonchev–Trinajstić information content (AvgIpc) is 2.16. The lowest BCUT2D eigenvalue weighted by atomic mass is 10.3. The lowest BCUT2D eigenvalue weighted by Crippen LogP contribution is -2.53. The Labute approximate surface area is 84.6 Å². The summed E-state index contributed by atoms with van der Waals surface area (Å²) in [6, 6.07) is 0. The highest BCUT2D eigenvalue weighted by molar-refractivity contribution is 5.72. The van der Waals surface area contributed by atoms with Crippen LogP contribution < -0.4 is 5.43 Å². The molecule has 0 aliphatic carbocycles. The third-order valence-electron chi connectivity index (χ3n) is 2.32. The average molecular weight is 201 g/mol. The topological polar surface area (TPSA) is 55.8 Å². The molecule has 5 heteroatoms. The van der Waals surface area contributed by atoms with Crippen molar-refractivity contribution in [3.63, 3.8) is 0 Å². The van der Waals surface area contributed by atoms with E-state index in [9.17, 15) is 4.79 Å². The van der Waals surface area contributed by atoms with Crippen LogP contribution in [-0.4, -0.2) is 60.3 Å². The summed E-state index contributed by atoms with van der Waals surface area (Å²) in [4.78, 5) is 13.1. The van der Waals surface area contributed by atoms with Crippen LogP contribution in [0.2, 0.25) is 0 Å². The van der Waals surface area contributed by atoms with Gasteiger partial charge in [-0.2, -0.15) is 0 Å². The number of nitrogens with one attached hydrogen (secondary N) is 1. The van der Waals surface area contributed by atoms with Crippen molar-refractivity contribution in [2.45, 2.75) is 13.3 Å². The van der Waals surface area contributed by atoms with Crippen LogP contribution in [0.1, 0.15) is 13.3 Å². The largest absolute Gasteiger partial charge is 0.396 e. The zero-order chi connectivity index (χ0) is 10.4. The van der Waals surface area contributed by atoms with E-state index in [1.54, 1.807) is 0 Å². The van der Waals surface area contributed by atoms with Crippen molar-refractivity contribution in [1.29, 1.82) is 0 Å². The van der Waals surface area contributed by atoms with E-state index in [1.807, 2.05) is 5.01 Å². The van der Waals surface area contributed by atoms with Gasteiger partial charge in [0.1, 0.15) is 0 Å². The monoisotopic (exact) mass is 201 g/mol. The predicted octanol–water partition coefficient (Wildman–Crippen LogP) is -0.962. The number of carbonyl (C=O) groups is 1. The zero-order valence-corrected chi connectivity index (χ0v) is 8.70. The van der Waals surface area contributed by atoms with E-state index in [0.29, 0.717) is 0 Å². The molecule has 0 spiro atoms. The number of hydrazine groups is 1. The molecule has 0 bridgehead atoms. The van der Waals surface area contributed by atoms with E-state index < -0.39 is 0 Å². The molecule has 0 aromatic carbocycles. The molecule has 5 nitrogen and oxygen atoms in total. The Bertz CT molecular complexity index is 179. The van der Waals surface area contributed by atoms with Crippen LogP contribution in [0.5, 0.6) is 0 Å². The van der Waals surface area contributed by atoms with Gasteiger partial charge in [-0.1, -0.05) is 0 Å². The summed E-state index contributed by atoms with van der Waals surface area (Å²) in [6.45, 7) is 6.38. The molecule has 0 radical (unpaired) electrons. The van der Waals surface area contributed by atoms with Crippen LogP contribution in [0.4, 0.5) is 0 Å². The summed E-state index contributed by atoms with van der Waals surface area (Å²) in [5.74, 6) is -0.00573. The molecular weight excluding hydrogens is 182 g/mol. The molecule has 2 N–H and O–H groups in total. The van der Waals surface area contributed by atoms with Crippen LogP contribution >= 0.6 is 0 Å². The van der Waals surface area contributed by atoms with Gasteiger partial charge in [-0.25, -0.2) is 5.01 Å². The SMILES string of the molecule is CC(=O)NN1CCN(CCCO)CC1. The fourth-order valence-corrected chi connectivity index (χ4v) is 1.60. The van der Waals surface area contributed by atoms with Crippen molar-refractivity contribution in [1.82, 2.24) is 15.3 Å². The van der Waals surface area contributed by atoms with Gasteiger partial charge in [0.2, 0.25) is 5.91 Å². The van der Waals surface area contributed by atoms with E-state index >= 15 is 0 Å². The second kappa shape index (κ2) is 5.95. The number of aliphatic hydroxyl groups is 1. The van der Waals surface area contributed by atoms with E-state index in [0.717, 1.165) is 39.1 Å². The molecule has 14 heavy (non-hydrogen) atoms. The fourth-order valence-electron chi connectivity index (χ4n) is 1.60. The van der Waals surface area contributed by atoms with Gasteiger partial charge in [-0.15, -0.1) is 0 Å². The van der Waals surface area contributed by atoms with Gasteiger partial charge in [-0.3, -0.25) is 10.2 Å². The predicted molar refractivity (Wildman–Crippen MR) is 53.5 cm³/mol. The molecule has 1 fully saturated rings. The second-order valence-electron chi connectivity index (χ2n) is 3.57. The Kier molecular flexibility index (Phi) is 4.86. The maximum absolute atomic E-state index is 10.8. The molecule has 1 amide bonds. The first-order valence-electron chi connectivity index (χ1n) is 5.08. The maximum Gasteiger partial charge on any atom is 0.231 e. The lowest BCUT2D eigenvalue weighted by molar-refractivity contribution is -0.124. The molecule has 1 rings (SSSR count). The number of nitrogens with zero attached hydrogens (tertiary/aromatic N) is 2. The van der Waals surface area contributed by atoms with Crippen molar-refractivity contribution in [2.75, 3.05) is 39.3 Å². The van der Waals surface area contributed by atoms with Gasteiger partial charge in [0.25, 0.3) is 0 Å². The summed E-state index contributed by atoms with van der Waals surface area (Å²) >= 11 is 0. The minimum Gasteiger partial charge on any atom is -0.396 e. The number of aliphatic hydroxyl groups excluding tert-OH is 1. The quantitative estimate of drug-likeness (QED) is 0.615. The molecule has 0 atom stereocenters. The minimum atomic E-state index is -0.00573. The van der Waals surface area contributed by atoms with Crippen molar-refractivity contribution in [3.8, 4) is 0 Å². The van der Waals surface area contributed by atoms with Gasteiger partial charge in [0.15, 0.2) is 0 Å². The molecule has 0 unspecified atom stereocenters. The van der Waals surface area contributed by atoms with Gasteiger partial charge in [0, 0.05) is 46.3 Å². The van der Waals surface area contributed by atoms with E-state index in [2.05, 4.69) is 10.3 Å². The maximum atomic E-state index is 10.8. The number of rotatable bonds is 4. The normalized spacial score (nSPS) is 19.6. The third-order valence-corrected chi connectivity index (χ3v) is 2.32. The molecule has 82 valence electrons. The number of amides is 1. The molecule has 1 aliphatic rings. The number of piperazine rings is 1. The highest BCUT2D eigenvalue weighted by Gasteiger charge is 2.16. The Hall–Kier alpha value is -0.650. The van der Waals surface area contributed by atoms with Crippen LogP contribution in [0.25, 0.3) is 0 Å². The van der Waals surface area contributed by atoms with Crippen LogP contribution in [0.15, 0.2) is 0 Å². The fraction of sp³-hybridized carbons (Fsp3) is 0.889. The summed E-state index contributed by atoms with van der Waals surface area (Å²) < 4.78 is 0. The van der Waals surface area contributed by atoms with E-state index in [1.165, 1.54) is 6.92 Å². The highest BCUT2D eigenvalue weighted by Crippen LogP contribution is 1.99. The summed E-state index contributed by atoms with van der Waals surface area (Å²) in [6.07, 6.45) is 0.833. The summed E-state index contributed by atoms with van der Waals surface area (Å²) in [5, 5.41) is 10.6. The van der Waals surface area contributed by atoms with Crippen LogP contribution in [0, 0.1) is 0 Å². The summed E-state index contributed by atoms with van der Waals surface area (Å²) in [5.41, 5.74) is 2.78. The van der Waals surface area contributed by atoms with Crippen molar-refractivity contribution in [3.05, 3.63) is 0 Å². The highest BCUT2D eigenvalue weighted by atomic mass is 16.3. The van der Waals surface area contributed by atoms with E-state index in [-0.39, 0.29) is 12.5 Å². The molecule has 0 aromatic rings. The van der Waals surface area contributed by atoms with Gasteiger partial charge in [0.05, 0.1) is 0 Å². The number of hydrogen-bond acceptors (Lipinski definition) is 4. The molecular formula is C9H19N3O2. The van der Waals surface area contributed by atoms with Gasteiger partial charge in [-0.05, 0) is 6.42 Å². The minimum absolute atomic E-state index is 0.00573. The molecule has 1 heterocycles. The smallest absolute Gasteiger partial charge is 0.231 e. The number of carbonyl (C=O) groups excluding carboxylic acids is 1. The first kappa shape index (κ1) is 11.4. The van der Waals surface area contributed by atoms with Crippen molar-refractivity contribution >= 4 is 5.91 Å². The molecule has 0 aromatic heterocycles.